The van der Waals surface area contributed by atoms with E-state index in [0.717, 1.165) is 54.9 Å². The molecule has 7 rings (SSSR count). The van der Waals surface area contributed by atoms with Gasteiger partial charge in [-0.1, -0.05) is 91.0 Å². The maximum Gasteiger partial charge on any atom is 0.407 e. The van der Waals surface area contributed by atoms with Gasteiger partial charge in [-0.2, -0.15) is 0 Å². The van der Waals surface area contributed by atoms with E-state index in [0.29, 0.717) is 60.2 Å². The molecule has 17 heteroatoms. The minimum atomic E-state index is -1.21. The van der Waals surface area contributed by atoms with Gasteiger partial charge in [0.25, 0.3) is 11.8 Å². The van der Waals surface area contributed by atoms with Crippen LogP contribution in [0.25, 0.3) is 0 Å². The van der Waals surface area contributed by atoms with Crippen molar-refractivity contribution in [1.29, 1.82) is 0 Å². The summed E-state index contributed by atoms with van der Waals surface area (Å²) in [6.07, 6.45) is 0.431. The number of para-hydroxylation sites is 1. The van der Waals surface area contributed by atoms with E-state index < -0.39 is 30.2 Å². The second kappa shape index (κ2) is 24.6. The highest BCUT2D eigenvalue weighted by Crippen LogP contribution is 2.27. The van der Waals surface area contributed by atoms with Crippen molar-refractivity contribution in [3.05, 3.63) is 161 Å². The summed E-state index contributed by atoms with van der Waals surface area (Å²) >= 11 is 0. The minimum Gasteiger partial charge on any atom is -0.494 e. The van der Waals surface area contributed by atoms with Gasteiger partial charge in [-0.3, -0.25) is 19.3 Å². The Hall–Kier alpha value is -8.05. The van der Waals surface area contributed by atoms with Gasteiger partial charge < -0.3 is 45.7 Å². The fourth-order valence-electron chi connectivity index (χ4n) is 7.82. The number of nitrogens with one attached hydrogen (secondary N) is 5. The fourth-order valence-corrected chi connectivity index (χ4v) is 7.82. The number of hydrogen-bond donors (Lipinski definition) is 5. The fraction of sp³-hybridized carbons (Fsp3) is 0.288. The van der Waals surface area contributed by atoms with Crippen LogP contribution in [-0.4, -0.2) is 106 Å². The molecule has 2 heterocycles. The van der Waals surface area contributed by atoms with Crippen molar-refractivity contribution in [3.63, 3.8) is 0 Å². The molecule has 69 heavy (non-hydrogen) atoms. The van der Waals surface area contributed by atoms with Crippen molar-refractivity contribution in [3.8, 4) is 5.75 Å². The summed E-state index contributed by atoms with van der Waals surface area (Å²) in [5, 5.41) is 13.6. The lowest BCUT2D eigenvalue weighted by molar-refractivity contribution is -0.124. The lowest BCUT2D eigenvalue weighted by Crippen LogP contribution is -2.47. The van der Waals surface area contributed by atoms with E-state index in [1.807, 2.05) is 72.8 Å². The Morgan fingerprint density at radius 3 is 2.26 bits per heavy atom. The number of hydrogen-bond acceptors (Lipinski definition) is 11. The first kappa shape index (κ1) is 48.9. The van der Waals surface area contributed by atoms with Crippen LogP contribution >= 0.6 is 0 Å². The van der Waals surface area contributed by atoms with Gasteiger partial charge in [0.15, 0.2) is 6.61 Å². The number of anilines is 2. The highest BCUT2D eigenvalue weighted by atomic mass is 16.5. The Morgan fingerprint density at radius 1 is 0.739 bits per heavy atom. The van der Waals surface area contributed by atoms with Crippen LogP contribution in [0.4, 0.5) is 21.0 Å². The first-order chi connectivity index (χ1) is 33.6. The summed E-state index contributed by atoms with van der Waals surface area (Å²) in [7, 11) is 1.65. The van der Waals surface area contributed by atoms with Gasteiger partial charge in [-0.05, 0) is 91.9 Å². The Balaban J connectivity index is 0.753. The number of aliphatic imine (C=N–C) groups is 1. The number of likely N-dealkylation sites (N-methyl/N-ethyl adjacent to an activating group) is 1. The highest BCUT2D eigenvalue weighted by Gasteiger charge is 2.31. The topological polar surface area (TPSA) is 209 Å². The zero-order valence-electron chi connectivity index (χ0n) is 38.4. The van der Waals surface area contributed by atoms with E-state index in [1.165, 1.54) is 4.90 Å². The van der Waals surface area contributed by atoms with Gasteiger partial charge in [0, 0.05) is 43.5 Å². The maximum absolute atomic E-state index is 13.5. The van der Waals surface area contributed by atoms with Gasteiger partial charge in [0.2, 0.25) is 12.1 Å². The third kappa shape index (κ3) is 14.7. The average Bonchev–Trinajstić information content (AvgIpc) is 3.47. The number of esters is 1. The number of fused-ring (bicyclic) bond motifs is 1. The van der Waals surface area contributed by atoms with E-state index in [9.17, 15) is 28.8 Å². The summed E-state index contributed by atoms with van der Waals surface area (Å²) in [6, 6.07) is 39.4. The van der Waals surface area contributed by atoms with Crippen LogP contribution in [0.5, 0.6) is 5.75 Å². The highest BCUT2D eigenvalue weighted by molar-refractivity contribution is 6.20. The van der Waals surface area contributed by atoms with Crippen LogP contribution in [0, 0.1) is 5.92 Å². The van der Waals surface area contributed by atoms with Crippen molar-refractivity contribution >= 4 is 52.9 Å². The number of carbonyl (C=O) groups excluding carboxylic acids is 6. The van der Waals surface area contributed by atoms with Gasteiger partial charge in [0.05, 0.1) is 30.1 Å². The van der Waals surface area contributed by atoms with E-state index in [4.69, 9.17) is 19.2 Å². The molecule has 0 aromatic heterocycles. The average molecular weight is 937 g/mol. The largest absolute Gasteiger partial charge is 0.494 e. The van der Waals surface area contributed by atoms with Gasteiger partial charge >= 0.3 is 18.1 Å². The Bertz CT molecular complexity index is 2600. The van der Waals surface area contributed by atoms with Crippen LogP contribution in [0.2, 0.25) is 0 Å². The van der Waals surface area contributed by atoms with Crippen molar-refractivity contribution < 1.29 is 43.0 Å². The summed E-state index contributed by atoms with van der Waals surface area (Å²) in [6.45, 7) is 3.09. The van der Waals surface area contributed by atoms with Crippen LogP contribution in [0.1, 0.15) is 51.9 Å². The summed E-state index contributed by atoms with van der Waals surface area (Å²) in [4.78, 5) is 84.5. The van der Waals surface area contributed by atoms with Crippen LogP contribution in [-0.2, 0) is 37.0 Å². The number of nitrogens with zero attached hydrogens (tertiary/aromatic N) is 3. The molecular weight excluding hydrogens is 881 g/mol. The second-order valence-corrected chi connectivity index (χ2v) is 16.6. The number of ether oxygens (including phenoxy) is 3. The van der Waals surface area contributed by atoms with E-state index in [1.54, 1.807) is 61.6 Å². The zero-order chi connectivity index (χ0) is 48.4. The van der Waals surface area contributed by atoms with Crippen LogP contribution in [0.3, 0.4) is 0 Å². The van der Waals surface area contributed by atoms with Crippen LogP contribution < -0.4 is 36.2 Å². The quantitative estimate of drug-likeness (QED) is 0.0508. The molecule has 5 N–H and O–H groups in total. The third-order valence-electron chi connectivity index (χ3n) is 11.5. The maximum atomic E-state index is 13.5. The summed E-state index contributed by atoms with van der Waals surface area (Å²) in [5.41, 5.74) is 5.30. The van der Waals surface area contributed by atoms with Crippen LogP contribution in [0.15, 0.2) is 138 Å². The number of carbonyl (C=O) groups is 6. The Morgan fingerprint density at radius 2 is 1.46 bits per heavy atom. The van der Waals surface area contributed by atoms with Crippen molar-refractivity contribution in [2.75, 3.05) is 63.2 Å². The SMILES string of the molecule is CN1C(=O)[C@H](NC(=O)Nc2cccc(COC(=O)NCC(=O)NCC3CCN(Cc4cccc(OCCCNC(=O)COC(=O)c5ccccc5)c4)CC3)c2)N=C(c2ccccc2)c2ccccc21. The van der Waals surface area contributed by atoms with E-state index in [-0.39, 0.29) is 31.6 Å². The molecule has 0 aliphatic carbocycles. The molecule has 0 bridgehead atoms. The Kier molecular flexibility index (Phi) is 17.5. The monoisotopic (exact) mass is 936 g/mol. The molecule has 0 radical (unpaired) electrons. The van der Waals surface area contributed by atoms with E-state index >= 15 is 0 Å². The first-order valence-corrected chi connectivity index (χ1v) is 22.8. The third-order valence-corrected chi connectivity index (χ3v) is 11.5. The molecule has 5 aromatic rings. The number of alkyl carbamates (subject to hydrolysis) is 1. The minimum absolute atomic E-state index is 0.116. The predicted octanol–water partition coefficient (Wildman–Crippen LogP) is 5.64. The summed E-state index contributed by atoms with van der Waals surface area (Å²) in [5.74, 6) is -0.603. The molecule has 6 amide bonds. The number of piperidine rings is 1. The molecule has 358 valence electrons. The molecule has 5 aromatic carbocycles. The smallest absolute Gasteiger partial charge is 0.407 e. The molecule has 2 aliphatic heterocycles. The van der Waals surface area contributed by atoms with Crippen molar-refractivity contribution in [1.82, 2.24) is 26.2 Å². The second-order valence-electron chi connectivity index (χ2n) is 16.6. The molecule has 0 saturated carbocycles. The normalized spacial score (nSPS) is 14.8. The number of amides is 6. The van der Waals surface area contributed by atoms with E-state index in [2.05, 4.69) is 37.6 Å². The van der Waals surface area contributed by atoms with Crippen molar-refractivity contribution in [2.45, 2.75) is 38.6 Å². The standard InChI is InChI=1S/C52H56N8O9/c1-59-44-22-9-8-21-43(44)47(39-15-4-2-5-16-39)57-48(49(59)63)58-51(65)56-41-19-10-14-38(29-41)34-69-52(66)55-32-45(61)54-31-36-23-26-60(27-24-36)33-37-13-11-20-42(30-37)67-28-12-25-53-46(62)35-68-50(64)40-17-6-3-7-18-40/h2-11,13-22,29-30,36,48H,12,23-28,31-35H2,1H3,(H,53,62)(H,54,61)(H,55,66)(H2,56,58,65)/t48-/m0/s1. The molecule has 1 saturated heterocycles. The number of benzene rings is 5. The Labute approximate surface area is 400 Å². The lowest BCUT2D eigenvalue weighted by Gasteiger charge is -2.32. The summed E-state index contributed by atoms with van der Waals surface area (Å²) < 4.78 is 16.3. The molecule has 0 unspecified atom stereocenters. The number of urea groups is 1. The molecule has 0 spiro atoms. The predicted molar refractivity (Wildman–Crippen MR) is 260 cm³/mol. The van der Waals surface area contributed by atoms with Crippen molar-refractivity contribution in [2.24, 2.45) is 10.9 Å². The molecule has 1 atom stereocenters. The lowest BCUT2D eigenvalue weighted by atomic mass is 9.96. The zero-order valence-corrected chi connectivity index (χ0v) is 38.4. The van der Waals surface area contributed by atoms with Gasteiger partial charge in [0.1, 0.15) is 12.4 Å². The molecule has 1 fully saturated rings. The number of benzodiazepines with no additional fused rings is 1. The first-order valence-electron chi connectivity index (χ1n) is 22.8. The molecule has 17 nitrogen and oxygen atoms in total. The molecule has 2 aliphatic rings. The van der Waals surface area contributed by atoms with Gasteiger partial charge in [-0.15, -0.1) is 0 Å². The van der Waals surface area contributed by atoms with Gasteiger partial charge in [-0.25, -0.2) is 19.4 Å². The number of rotatable bonds is 19. The molecular formula is C52H56N8O9. The number of likely N-dealkylation sites (tertiary alicyclic amines) is 1.